The van der Waals surface area contributed by atoms with Crippen molar-refractivity contribution < 1.29 is 4.79 Å². The first-order valence-corrected chi connectivity index (χ1v) is 6.47. The van der Waals surface area contributed by atoms with Gasteiger partial charge in [-0.25, -0.2) is 0 Å². The molecule has 18 heavy (non-hydrogen) atoms. The molecule has 0 saturated carbocycles. The van der Waals surface area contributed by atoms with E-state index in [0.29, 0.717) is 6.42 Å². The van der Waals surface area contributed by atoms with Crippen LogP contribution in [0, 0.1) is 0 Å². The number of carbonyl (C=O) groups excluding carboxylic acids is 1. The zero-order valence-corrected chi connectivity index (χ0v) is 11.1. The maximum atomic E-state index is 12.2. The maximum absolute atomic E-state index is 12.2. The molecule has 1 unspecified atom stereocenters. The average Bonchev–Trinajstić information content (AvgIpc) is 2.63. The summed E-state index contributed by atoms with van der Waals surface area (Å²) in [6, 6.07) is 3.99. The molecule has 2 rings (SSSR count). The Labute approximate surface area is 108 Å². The fourth-order valence-electron chi connectivity index (χ4n) is 2.49. The molecule has 1 aliphatic heterocycles. The van der Waals surface area contributed by atoms with Crippen molar-refractivity contribution in [2.45, 2.75) is 44.7 Å². The Morgan fingerprint density at radius 3 is 2.72 bits per heavy atom. The van der Waals surface area contributed by atoms with E-state index in [0.717, 1.165) is 24.9 Å². The number of nitrogens with zero attached hydrogens (tertiary/aromatic N) is 2. The average molecular weight is 247 g/mol. The van der Waals surface area contributed by atoms with Gasteiger partial charge in [0.25, 0.3) is 0 Å². The third kappa shape index (κ3) is 2.53. The number of likely N-dealkylation sites (tertiary alicyclic amines) is 1. The van der Waals surface area contributed by atoms with Gasteiger partial charge in [-0.3, -0.25) is 9.78 Å². The fourth-order valence-corrected chi connectivity index (χ4v) is 2.49. The van der Waals surface area contributed by atoms with Crippen LogP contribution in [-0.4, -0.2) is 33.9 Å². The van der Waals surface area contributed by atoms with Gasteiger partial charge in [-0.1, -0.05) is 0 Å². The Hall–Kier alpha value is -1.42. The summed E-state index contributed by atoms with van der Waals surface area (Å²) in [5.41, 5.74) is 6.99. The topological polar surface area (TPSA) is 59.2 Å². The van der Waals surface area contributed by atoms with Gasteiger partial charge in [0.15, 0.2) is 0 Å². The second-order valence-electron chi connectivity index (χ2n) is 5.45. The molecular formula is C14H21N3O. The van der Waals surface area contributed by atoms with Crippen LogP contribution >= 0.6 is 0 Å². The van der Waals surface area contributed by atoms with Gasteiger partial charge in [0, 0.05) is 31.4 Å². The zero-order valence-electron chi connectivity index (χ0n) is 11.1. The summed E-state index contributed by atoms with van der Waals surface area (Å²) < 4.78 is 0. The Morgan fingerprint density at radius 1 is 1.50 bits per heavy atom. The Bertz CT molecular complexity index is 416. The highest BCUT2D eigenvalue weighted by atomic mass is 16.2. The molecular weight excluding hydrogens is 226 g/mol. The molecule has 4 nitrogen and oxygen atoms in total. The monoisotopic (exact) mass is 247 g/mol. The fraction of sp³-hybridized carbons (Fsp3) is 0.571. The molecule has 4 heteroatoms. The second-order valence-corrected chi connectivity index (χ2v) is 5.45. The quantitative estimate of drug-likeness (QED) is 0.877. The molecule has 2 heterocycles. The summed E-state index contributed by atoms with van der Waals surface area (Å²) in [4.78, 5) is 18.1. The largest absolute Gasteiger partial charge is 0.336 e. The number of aryl methyl sites for hydroxylation is 1. The standard InChI is InChI=1S/C14H21N3O/c1-14(2)12(15)7-10-17(14)13(18)4-3-11-5-8-16-9-6-11/h5-6,8-9,12H,3-4,7,10,15H2,1-2H3. The van der Waals surface area contributed by atoms with Crippen LogP contribution in [0.4, 0.5) is 0 Å². The third-order valence-electron chi connectivity index (χ3n) is 3.94. The second kappa shape index (κ2) is 5.06. The predicted octanol–water partition coefficient (Wildman–Crippen LogP) is 1.35. The molecule has 1 saturated heterocycles. The summed E-state index contributed by atoms with van der Waals surface area (Å²) in [5, 5.41) is 0. The number of amides is 1. The zero-order chi connectivity index (χ0) is 13.2. The number of nitrogens with two attached hydrogens (primary N) is 1. The molecule has 0 spiro atoms. The van der Waals surface area contributed by atoms with E-state index in [1.807, 2.05) is 17.0 Å². The molecule has 0 aromatic carbocycles. The van der Waals surface area contributed by atoms with Crippen LogP contribution in [0.15, 0.2) is 24.5 Å². The molecule has 0 aliphatic carbocycles. The van der Waals surface area contributed by atoms with Crippen LogP contribution in [0.5, 0.6) is 0 Å². The van der Waals surface area contributed by atoms with Crippen molar-refractivity contribution in [2.24, 2.45) is 5.73 Å². The minimum absolute atomic E-state index is 0.0855. The van der Waals surface area contributed by atoms with Gasteiger partial charge in [0.2, 0.25) is 5.91 Å². The highest BCUT2D eigenvalue weighted by molar-refractivity contribution is 5.77. The Morgan fingerprint density at radius 2 is 2.17 bits per heavy atom. The first-order chi connectivity index (χ1) is 8.51. The van der Waals surface area contributed by atoms with E-state index in [2.05, 4.69) is 18.8 Å². The minimum atomic E-state index is -0.213. The summed E-state index contributed by atoms with van der Waals surface area (Å²) >= 11 is 0. The maximum Gasteiger partial charge on any atom is 0.223 e. The van der Waals surface area contributed by atoms with Crippen LogP contribution in [0.25, 0.3) is 0 Å². The van der Waals surface area contributed by atoms with Gasteiger partial charge in [-0.05, 0) is 44.4 Å². The van der Waals surface area contributed by atoms with E-state index in [1.54, 1.807) is 12.4 Å². The lowest BCUT2D eigenvalue weighted by Gasteiger charge is -2.34. The smallest absolute Gasteiger partial charge is 0.223 e. The molecule has 1 aromatic heterocycles. The van der Waals surface area contributed by atoms with Crippen LogP contribution in [0.1, 0.15) is 32.3 Å². The lowest BCUT2D eigenvalue weighted by Crippen LogP contribution is -2.51. The highest BCUT2D eigenvalue weighted by Crippen LogP contribution is 2.28. The van der Waals surface area contributed by atoms with Gasteiger partial charge in [-0.15, -0.1) is 0 Å². The third-order valence-corrected chi connectivity index (χ3v) is 3.94. The number of rotatable bonds is 3. The lowest BCUT2D eigenvalue weighted by atomic mass is 9.96. The summed E-state index contributed by atoms with van der Waals surface area (Å²) in [5.74, 6) is 0.199. The molecule has 1 aliphatic rings. The molecule has 0 bridgehead atoms. The molecule has 2 N–H and O–H groups in total. The normalized spacial score (nSPS) is 22.2. The summed E-state index contributed by atoms with van der Waals surface area (Å²) in [7, 11) is 0. The number of hydrogen-bond acceptors (Lipinski definition) is 3. The van der Waals surface area contributed by atoms with Gasteiger partial charge in [0.05, 0.1) is 5.54 Å². The van der Waals surface area contributed by atoms with Crippen molar-refractivity contribution in [1.82, 2.24) is 9.88 Å². The van der Waals surface area contributed by atoms with Crippen molar-refractivity contribution in [3.05, 3.63) is 30.1 Å². The molecule has 0 radical (unpaired) electrons. The van der Waals surface area contributed by atoms with Crippen LogP contribution in [0.3, 0.4) is 0 Å². The number of hydrogen-bond donors (Lipinski definition) is 1. The molecule has 98 valence electrons. The number of carbonyl (C=O) groups is 1. The van der Waals surface area contributed by atoms with E-state index in [4.69, 9.17) is 5.73 Å². The van der Waals surface area contributed by atoms with Crippen molar-refractivity contribution in [2.75, 3.05) is 6.54 Å². The Balaban J connectivity index is 1.93. The summed E-state index contributed by atoms with van der Waals surface area (Å²) in [6.45, 7) is 4.88. The lowest BCUT2D eigenvalue weighted by molar-refractivity contribution is -0.134. The van der Waals surface area contributed by atoms with E-state index < -0.39 is 0 Å². The van der Waals surface area contributed by atoms with Crippen LogP contribution in [-0.2, 0) is 11.2 Å². The molecule has 1 amide bonds. The number of pyridine rings is 1. The van der Waals surface area contributed by atoms with Crippen molar-refractivity contribution in [3.8, 4) is 0 Å². The summed E-state index contributed by atoms with van der Waals surface area (Å²) in [6.07, 6.45) is 5.72. The molecule has 1 fully saturated rings. The van der Waals surface area contributed by atoms with E-state index >= 15 is 0 Å². The highest BCUT2D eigenvalue weighted by Gasteiger charge is 2.41. The van der Waals surface area contributed by atoms with Gasteiger partial charge < -0.3 is 10.6 Å². The SMILES string of the molecule is CC1(C)C(N)CCN1C(=O)CCc1ccncc1. The van der Waals surface area contributed by atoms with Crippen molar-refractivity contribution >= 4 is 5.91 Å². The minimum Gasteiger partial charge on any atom is -0.336 e. The first kappa shape index (κ1) is 13.0. The van der Waals surface area contributed by atoms with E-state index in [-0.39, 0.29) is 17.5 Å². The Kier molecular flexibility index (Phi) is 3.66. The molecule has 1 aromatic rings. The van der Waals surface area contributed by atoms with Gasteiger partial charge in [-0.2, -0.15) is 0 Å². The molecule has 1 atom stereocenters. The van der Waals surface area contributed by atoms with E-state index in [9.17, 15) is 4.79 Å². The van der Waals surface area contributed by atoms with Crippen LogP contribution in [0.2, 0.25) is 0 Å². The van der Waals surface area contributed by atoms with Crippen LogP contribution < -0.4 is 5.73 Å². The van der Waals surface area contributed by atoms with Crippen molar-refractivity contribution in [3.63, 3.8) is 0 Å². The van der Waals surface area contributed by atoms with Gasteiger partial charge >= 0.3 is 0 Å². The van der Waals surface area contributed by atoms with Gasteiger partial charge in [0.1, 0.15) is 0 Å². The van der Waals surface area contributed by atoms with Crippen molar-refractivity contribution in [1.29, 1.82) is 0 Å². The number of aromatic nitrogens is 1. The van der Waals surface area contributed by atoms with E-state index in [1.165, 1.54) is 0 Å². The predicted molar refractivity (Wildman–Crippen MR) is 70.9 cm³/mol. The first-order valence-electron chi connectivity index (χ1n) is 6.47.